The van der Waals surface area contributed by atoms with Crippen molar-refractivity contribution in [1.82, 2.24) is 14.6 Å². The number of nitrogens with one attached hydrogen (secondary N) is 1. The Bertz CT molecular complexity index is 683. The van der Waals surface area contributed by atoms with E-state index in [1.807, 2.05) is 11.3 Å². The molecule has 1 aromatic heterocycles. The molecule has 0 spiro atoms. The van der Waals surface area contributed by atoms with Gasteiger partial charge >= 0.3 is 0 Å². The van der Waals surface area contributed by atoms with Crippen molar-refractivity contribution in [2.45, 2.75) is 57.4 Å². The number of likely N-dealkylation sites (tertiary alicyclic amines) is 1. The fraction of sp³-hybridized carbons (Fsp3) is 0.750. The Morgan fingerprint density at radius 2 is 1.96 bits per heavy atom. The summed E-state index contributed by atoms with van der Waals surface area (Å²) in [6.07, 6.45) is 7.68. The summed E-state index contributed by atoms with van der Waals surface area (Å²) in [4.78, 5) is 20.4. The molecule has 2 heterocycles. The third-order valence-corrected chi connectivity index (χ3v) is 6.88. The minimum Gasteiger partial charge on any atom is -0.341 e. The third-order valence-electron chi connectivity index (χ3n) is 4.78. The molecule has 0 aromatic carbocycles. The van der Waals surface area contributed by atoms with Crippen LogP contribution in [0.5, 0.6) is 0 Å². The largest absolute Gasteiger partial charge is 0.341 e. The first-order valence-electron chi connectivity index (χ1n) is 8.58. The van der Waals surface area contributed by atoms with Gasteiger partial charge in [0.1, 0.15) is 0 Å². The molecule has 0 saturated carbocycles. The molecule has 8 heteroatoms. The lowest BCUT2D eigenvalue weighted by Gasteiger charge is -2.32. The molecule has 1 unspecified atom stereocenters. The SMILES string of the molecule is CC(NS(C)(=O)=O)C(=O)N1CCC(c2nc3c(s2)CCCC3)CC1. The summed E-state index contributed by atoms with van der Waals surface area (Å²) in [5.41, 5.74) is 1.30. The summed E-state index contributed by atoms with van der Waals surface area (Å²) in [6.45, 7) is 2.94. The Morgan fingerprint density at radius 3 is 2.58 bits per heavy atom. The van der Waals surface area contributed by atoms with E-state index in [1.54, 1.807) is 11.8 Å². The summed E-state index contributed by atoms with van der Waals surface area (Å²) in [7, 11) is -3.37. The van der Waals surface area contributed by atoms with Crippen LogP contribution in [-0.4, -0.2) is 49.6 Å². The van der Waals surface area contributed by atoms with Gasteiger partial charge in [-0.25, -0.2) is 18.1 Å². The van der Waals surface area contributed by atoms with Crippen molar-refractivity contribution in [3.8, 4) is 0 Å². The zero-order chi connectivity index (χ0) is 17.3. The number of rotatable bonds is 4. The highest BCUT2D eigenvalue weighted by molar-refractivity contribution is 7.88. The topological polar surface area (TPSA) is 79.4 Å². The lowest BCUT2D eigenvalue weighted by Crippen LogP contribution is -2.48. The fourth-order valence-electron chi connectivity index (χ4n) is 3.54. The molecule has 1 aliphatic carbocycles. The van der Waals surface area contributed by atoms with Gasteiger partial charge in [-0.2, -0.15) is 0 Å². The average molecular weight is 372 g/mol. The monoisotopic (exact) mass is 371 g/mol. The van der Waals surface area contributed by atoms with Gasteiger partial charge in [-0.3, -0.25) is 4.79 Å². The van der Waals surface area contributed by atoms with Gasteiger partial charge in [0.05, 0.1) is 23.0 Å². The lowest BCUT2D eigenvalue weighted by molar-refractivity contribution is -0.133. The first kappa shape index (κ1) is 17.8. The van der Waals surface area contributed by atoms with Crippen LogP contribution in [0.4, 0.5) is 0 Å². The maximum atomic E-state index is 12.4. The molecule has 0 radical (unpaired) electrons. The number of fused-ring (bicyclic) bond motifs is 1. The Hall–Kier alpha value is -0.990. The van der Waals surface area contributed by atoms with E-state index >= 15 is 0 Å². The van der Waals surface area contributed by atoms with E-state index in [1.165, 1.54) is 34.8 Å². The highest BCUT2D eigenvalue weighted by Gasteiger charge is 2.29. The molecule has 1 aromatic rings. The second-order valence-electron chi connectivity index (χ2n) is 6.84. The van der Waals surface area contributed by atoms with Crippen LogP contribution in [-0.2, 0) is 27.7 Å². The fourth-order valence-corrected chi connectivity index (χ4v) is 5.60. The smallest absolute Gasteiger partial charge is 0.240 e. The maximum Gasteiger partial charge on any atom is 0.240 e. The molecule has 6 nitrogen and oxygen atoms in total. The molecule has 134 valence electrons. The maximum absolute atomic E-state index is 12.4. The standard InChI is InChI=1S/C16H25N3O3S2/c1-11(18-24(2,21)22)16(20)19-9-7-12(8-10-19)15-17-13-5-3-4-6-14(13)23-15/h11-12,18H,3-10H2,1-2H3. The van der Waals surface area contributed by atoms with Crippen molar-refractivity contribution in [3.05, 3.63) is 15.6 Å². The lowest BCUT2D eigenvalue weighted by atomic mass is 9.97. The molecule has 1 fully saturated rings. The number of amides is 1. The number of nitrogens with zero attached hydrogens (tertiary/aromatic N) is 2. The molecule has 1 aliphatic heterocycles. The summed E-state index contributed by atoms with van der Waals surface area (Å²) in [5.74, 6) is 0.292. The molecule has 0 bridgehead atoms. The van der Waals surface area contributed by atoms with E-state index in [4.69, 9.17) is 4.98 Å². The van der Waals surface area contributed by atoms with Crippen molar-refractivity contribution in [2.24, 2.45) is 0 Å². The number of aryl methyl sites for hydroxylation is 2. The zero-order valence-corrected chi connectivity index (χ0v) is 15.9. The van der Waals surface area contributed by atoms with Gasteiger partial charge in [0.15, 0.2) is 0 Å². The molecule has 1 saturated heterocycles. The first-order chi connectivity index (χ1) is 11.3. The molecule has 1 amide bonds. The molecular weight excluding hydrogens is 346 g/mol. The van der Waals surface area contributed by atoms with Crippen LogP contribution >= 0.6 is 11.3 Å². The Balaban J connectivity index is 1.57. The van der Waals surface area contributed by atoms with E-state index in [9.17, 15) is 13.2 Å². The zero-order valence-electron chi connectivity index (χ0n) is 14.2. The number of carbonyl (C=O) groups is 1. The Kier molecular flexibility index (Phi) is 5.27. The Morgan fingerprint density at radius 1 is 1.29 bits per heavy atom. The molecular formula is C16H25N3O3S2. The van der Waals surface area contributed by atoms with E-state index in [-0.39, 0.29) is 5.91 Å². The Labute approximate surface area is 147 Å². The predicted molar refractivity (Wildman–Crippen MR) is 94.8 cm³/mol. The second-order valence-corrected chi connectivity index (χ2v) is 9.74. The molecule has 3 rings (SSSR count). The van der Waals surface area contributed by atoms with Crippen molar-refractivity contribution in [1.29, 1.82) is 0 Å². The molecule has 1 atom stereocenters. The van der Waals surface area contributed by atoms with Gasteiger partial charge in [-0.1, -0.05) is 0 Å². The van der Waals surface area contributed by atoms with Crippen LogP contribution in [0, 0.1) is 0 Å². The van der Waals surface area contributed by atoms with Crippen molar-refractivity contribution in [3.63, 3.8) is 0 Å². The van der Waals surface area contributed by atoms with Gasteiger partial charge < -0.3 is 4.90 Å². The third kappa shape index (κ3) is 4.15. The van der Waals surface area contributed by atoms with E-state index in [0.29, 0.717) is 19.0 Å². The van der Waals surface area contributed by atoms with Crippen LogP contribution in [0.15, 0.2) is 0 Å². The summed E-state index contributed by atoms with van der Waals surface area (Å²) < 4.78 is 24.9. The van der Waals surface area contributed by atoms with Crippen molar-refractivity contribution < 1.29 is 13.2 Å². The van der Waals surface area contributed by atoms with Crippen LogP contribution in [0.25, 0.3) is 0 Å². The summed E-state index contributed by atoms with van der Waals surface area (Å²) >= 11 is 1.86. The van der Waals surface area contributed by atoms with Gasteiger partial charge in [-0.15, -0.1) is 11.3 Å². The summed E-state index contributed by atoms with van der Waals surface area (Å²) in [6, 6.07) is -0.705. The quantitative estimate of drug-likeness (QED) is 0.873. The predicted octanol–water partition coefficient (Wildman–Crippen LogP) is 1.67. The van der Waals surface area contributed by atoms with Gasteiger partial charge in [0.25, 0.3) is 0 Å². The van der Waals surface area contributed by atoms with Crippen LogP contribution in [0.1, 0.15) is 54.1 Å². The number of aromatic nitrogens is 1. The number of sulfonamides is 1. The second kappa shape index (κ2) is 7.09. The van der Waals surface area contributed by atoms with E-state index in [0.717, 1.165) is 25.5 Å². The molecule has 2 aliphatic rings. The van der Waals surface area contributed by atoms with Gasteiger partial charge in [0.2, 0.25) is 15.9 Å². The minimum atomic E-state index is -3.37. The highest BCUT2D eigenvalue weighted by atomic mass is 32.2. The van der Waals surface area contributed by atoms with Gasteiger partial charge in [0, 0.05) is 23.9 Å². The van der Waals surface area contributed by atoms with Gasteiger partial charge in [-0.05, 0) is 45.4 Å². The van der Waals surface area contributed by atoms with E-state index in [2.05, 4.69) is 4.72 Å². The van der Waals surface area contributed by atoms with Crippen LogP contribution < -0.4 is 4.72 Å². The van der Waals surface area contributed by atoms with Crippen LogP contribution in [0.2, 0.25) is 0 Å². The minimum absolute atomic E-state index is 0.141. The summed E-state index contributed by atoms with van der Waals surface area (Å²) in [5, 5.41) is 1.23. The number of carbonyl (C=O) groups excluding carboxylic acids is 1. The first-order valence-corrected chi connectivity index (χ1v) is 11.3. The van der Waals surface area contributed by atoms with Crippen molar-refractivity contribution in [2.75, 3.05) is 19.3 Å². The normalized spacial score (nSPS) is 20.7. The number of hydrogen-bond donors (Lipinski definition) is 1. The van der Waals surface area contributed by atoms with Crippen molar-refractivity contribution >= 4 is 27.3 Å². The number of piperidine rings is 1. The highest BCUT2D eigenvalue weighted by Crippen LogP contribution is 2.35. The van der Waals surface area contributed by atoms with Crippen LogP contribution in [0.3, 0.4) is 0 Å². The average Bonchev–Trinajstić information content (AvgIpc) is 2.96. The molecule has 1 N–H and O–H groups in total. The molecule has 24 heavy (non-hydrogen) atoms. The number of hydrogen-bond acceptors (Lipinski definition) is 5. The van der Waals surface area contributed by atoms with E-state index < -0.39 is 16.1 Å². The number of thiazole rings is 1.